The Kier molecular flexibility index (Phi) is 5.96. The van der Waals surface area contributed by atoms with Crippen molar-refractivity contribution in [1.29, 1.82) is 0 Å². The molecule has 2 aromatic carbocycles. The van der Waals surface area contributed by atoms with E-state index in [1.165, 1.54) is 18.2 Å². The molecule has 0 unspecified atom stereocenters. The lowest BCUT2D eigenvalue weighted by atomic mass is 10.1. The smallest absolute Gasteiger partial charge is 0.383 e. The summed E-state index contributed by atoms with van der Waals surface area (Å²) in [5, 5.41) is 6.07. The van der Waals surface area contributed by atoms with Crippen molar-refractivity contribution < 1.29 is 18.0 Å². The van der Waals surface area contributed by atoms with Crippen LogP contribution in [0.15, 0.2) is 42.5 Å². The molecule has 128 valence electrons. The van der Waals surface area contributed by atoms with Crippen molar-refractivity contribution in [2.45, 2.75) is 12.6 Å². The summed E-state index contributed by atoms with van der Waals surface area (Å²) in [6.07, 6.45) is -4.55. The van der Waals surface area contributed by atoms with Gasteiger partial charge in [-0.2, -0.15) is 13.2 Å². The van der Waals surface area contributed by atoms with Crippen LogP contribution >= 0.6 is 23.2 Å². The summed E-state index contributed by atoms with van der Waals surface area (Å²) in [7, 11) is 0. The number of hydrogen-bond acceptors (Lipinski definition) is 2. The Morgan fingerprint density at radius 3 is 2.42 bits per heavy atom. The molecule has 2 N–H and O–H groups in total. The number of anilines is 2. The van der Waals surface area contributed by atoms with E-state index in [-0.39, 0.29) is 18.7 Å². The maximum Gasteiger partial charge on any atom is 0.418 e. The zero-order chi connectivity index (χ0) is 17.7. The monoisotopic (exact) mass is 376 g/mol. The fraction of sp³-hybridized carbons (Fsp3) is 0.188. The van der Waals surface area contributed by atoms with E-state index in [0.717, 1.165) is 6.07 Å². The Hall–Kier alpha value is -1.92. The highest BCUT2D eigenvalue weighted by molar-refractivity contribution is 6.36. The van der Waals surface area contributed by atoms with Crippen LogP contribution in [0.5, 0.6) is 0 Å². The van der Waals surface area contributed by atoms with Crippen LogP contribution in [0.1, 0.15) is 12.0 Å². The molecule has 0 radical (unpaired) electrons. The number of amides is 1. The van der Waals surface area contributed by atoms with E-state index in [0.29, 0.717) is 15.7 Å². The van der Waals surface area contributed by atoms with E-state index in [1.807, 2.05) is 0 Å². The molecule has 2 rings (SSSR count). The van der Waals surface area contributed by atoms with E-state index in [4.69, 9.17) is 23.2 Å². The van der Waals surface area contributed by atoms with Gasteiger partial charge in [-0.25, -0.2) is 0 Å². The predicted octanol–water partition coefficient (Wildman–Crippen LogP) is 5.45. The largest absolute Gasteiger partial charge is 0.418 e. The number of alkyl halides is 3. The summed E-state index contributed by atoms with van der Waals surface area (Å²) in [4.78, 5) is 11.8. The summed E-state index contributed by atoms with van der Waals surface area (Å²) >= 11 is 11.7. The van der Waals surface area contributed by atoms with Gasteiger partial charge in [-0.1, -0.05) is 35.3 Å². The third-order valence-electron chi connectivity index (χ3n) is 3.11. The molecule has 0 aliphatic rings. The molecule has 3 nitrogen and oxygen atoms in total. The molecule has 0 spiro atoms. The molecule has 0 saturated carbocycles. The first kappa shape index (κ1) is 18.4. The van der Waals surface area contributed by atoms with Crippen LogP contribution in [0, 0.1) is 0 Å². The molecule has 0 atom stereocenters. The number of hydrogen-bond donors (Lipinski definition) is 2. The summed E-state index contributed by atoms with van der Waals surface area (Å²) < 4.78 is 38.6. The van der Waals surface area contributed by atoms with E-state index < -0.39 is 17.6 Å². The SMILES string of the molecule is O=C(CCNc1ccc(Cl)cc1Cl)Nc1ccccc1C(F)(F)F. The second-order valence-electron chi connectivity index (χ2n) is 4.89. The van der Waals surface area contributed by atoms with Crippen molar-refractivity contribution in [2.75, 3.05) is 17.2 Å². The highest BCUT2D eigenvalue weighted by Gasteiger charge is 2.33. The Balaban J connectivity index is 1.93. The number of nitrogens with one attached hydrogen (secondary N) is 2. The molecule has 0 fully saturated rings. The highest BCUT2D eigenvalue weighted by atomic mass is 35.5. The van der Waals surface area contributed by atoms with Crippen LogP contribution < -0.4 is 10.6 Å². The number of benzene rings is 2. The van der Waals surface area contributed by atoms with Gasteiger partial charge in [0.15, 0.2) is 0 Å². The number of carbonyl (C=O) groups excluding carboxylic acids is 1. The van der Waals surface area contributed by atoms with Crippen LogP contribution in [-0.4, -0.2) is 12.5 Å². The summed E-state index contributed by atoms with van der Waals surface area (Å²) in [6, 6.07) is 9.66. The molecule has 0 aliphatic carbocycles. The summed E-state index contributed by atoms with van der Waals surface area (Å²) in [5.41, 5.74) is -0.559. The fourth-order valence-electron chi connectivity index (χ4n) is 2.00. The van der Waals surface area contributed by atoms with Crippen molar-refractivity contribution in [1.82, 2.24) is 0 Å². The lowest BCUT2D eigenvalue weighted by Crippen LogP contribution is -2.19. The Morgan fingerprint density at radius 1 is 1.04 bits per heavy atom. The van der Waals surface area contributed by atoms with Gasteiger partial charge < -0.3 is 10.6 Å². The van der Waals surface area contributed by atoms with Crippen molar-refractivity contribution in [2.24, 2.45) is 0 Å². The van der Waals surface area contributed by atoms with Crippen molar-refractivity contribution in [3.63, 3.8) is 0 Å². The molecule has 8 heteroatoms. The van der Waals surface area contributed by atoms with Crippen molar-refractivity contribution in [3.05, 3.63) is 58.1 Å². The molecule has 1 amide bonds. The third kappa shape index (κ3) is 5.04. The molecule has 0 heterocycles. The van der Waals surface area contributed by atoms with Gasteiger partial charge >= 0.3 is 6.18 Å². The van der Waals surface area contributed by atoms with E-state index in [2.05, 4.69) is 10.6 Å². The van der Waals surface area contributed by atoms with Gasteiger partial charge in [-0.3, -0.25) is 4.79 Å². The van der Waals surface area contributed by atoms with E-state index in [1.54, 1.807) is 18.2 Å². The van der Waals surface area contributed by atoms with Crippen molar-refractivity contribution in [3.8, 4) is 0 Å². The Bertz CT molecular complexity index is 736. The number of para-hydroxylation sites is 1. The average Bonchev–Trinajstić information content (AvgIpc) is 2.49. The normalized spacial score (nSPS) is 11.2. The molecule has 2 aromatic rings. The standard InChI is InChI=1S/C16H13Cl2F3N2O/c17-10-5-6-14(12(18)9-10)22-8-7-15(24)23-13-4-2-1-3-11(13)16(19,20)21/h1-6,9,22H,7-8H2,(H,23,24). The van der Waals surface area contributed by atoms with Gasteiger partial charge in [-0.05, 0) is 30.3 Å². The maximum atomic E-state index is 12.9. The molecular formula is C16H13Cl2F3N2O. The van der Waals surface area contributed by atoms with Crippen LogP contribution in [0.4, 0.5) is 24.5 Å². The molecule has 0 saturated heterocycles. The number of halogens is 5. The lowest BCUT2D eigenvalue weighted by molar-refractivity contribution is -0.137. The first-order valence-electron chi connectivity index (χ1n) is 6.92. The Labute approximate surface area is 146 Å². The first-order valence-corrected chi connectivity index (χ1v) is 7.68. The van der Waals surface area contributed by atoms with Gasteiger partial charge in [0, 0.05) is 18.0 Å². The predicted molar refractivity (Wildman–Crippen MR) is 89.6 cm³/mol. The minimum Gasteiger partial charge on any atom is -0.383 e. The van der Waals surface area contributed by atoms with Gasteiger partial charge in [0.25, 0.3) is 0 Å². The lowest BCUT2D eigenvalue weighted by Gasteiger charge is -2.14. The Morgan fingerprint density at radius 2 is 1.75 bits per heavy atom. The van der Waals surface area contributed by atoms with Crippen LogP contribution in [0.2, 0.25) is 10.0 Å². The molecule has 0 aliphatic heterocycles. The molecule has 24 heavy (non-hydrogen) atoms. The highest BCUT2D eigenvalue weighted by Crippen LogP contribution is 2.34. The zero-order valence-electron chi connectivity index (χ0n) is 12.3. The minimum atomic E-state index is -4.53. The topological polar surface area (TPSA) is 41.1 Å². The van der Waals surface area contributed by atoms with E-state index in [9.17, 15) is 18.0 Å². The maximum absolute atomic E-state index is 12.9. The van der Waals surface area contributed by atoms with E-state index >= 15 is 0 Å². The number of rotatable bonds is 5. The fourth-order valence-corrected chi connectivity index (χ4v) is 2.47. The van der Waals surface area contributed by atoms with Gasteiger partial charge in [0.2, 0.25) is 5.91 Å². The van der Waals surface area contributed by atoms with Crippen molar-refractivity contribution >= 4 is 40.5 Å². The zero-order valence-corrected chi connectivity index (χ0v) is 13.8. The van der Waals surface area contributed by atoms with Crippen LogP contribution in [0.25, 0.3) is 0 Å². The average molecular weight is 377 g/mol. The van der Waals surface area contributed by atoms with Crippen LogP contribution in [0.3, 0.4) is 0 Å². The molecular weight excluding hydrogens is 364 g/mol. The molecule has 0 bridgehead atoms. The second kappa shape index (κ2) is 7.77. The quantitative estimate of drug-likeness (QED) is 0.727. The van der Waals surface area contributed by atoms with Crippen LogP contribution in [-0.2, 0) is 11.0 Å². The third-order valence-corrected chi connectivity index (χ3v) is 3.65. The molecule has 0 aromatic heterocycles. The second-order valence-corrected chi connectivity index (χ2v) is 5.74. The minimum absolute atomic E-state index is 0.0227. The first-order chi connectivity index (χ1) is 11.3. The van der Waals surface area contributed by atoms with Gasteiger partial charge in [0.1, 0.15) is 0 Å². The summed E-state index contributed by atoms with van der Waals surface area (Å²) in [6.45, 7) is 0.210. The van der Waals surface area contributed by atoms with Gasteiger partial charge in [-0.15, -0.1) is 0 Å². The summed E-state index contributed by atoms with van der Waals surface area (Å²) in [5.74, 6) is -0.538. The number of carbonyl (C=O) groups is 1. The van der Waals surface area contributed by atoms with Gasteiger partial charge in [0.05, 0.1) is 22.0 Å².